The fourth-order valence-corrected chi connectivity index (χ4v) is 1.95. The molecule has 2 N–H and O–H groups in total. The summed E-state index contributed by atoms with van der Waals surface area (Å²) in [6, 6.07) is 5.77. The van der Waals surface area contributed by atoms with Crippen molar-refractivity contribution >= 4 is 11.7 Å². The summed E-state index contributed by atoms with van der Waals surface area (Å²) in [6.45, 7) is 9.87. The molecule has 1 aromatic rings. The van der Waals surface area contributed by atoms with Crippen molar-refractivity contribution in [3.8, 4) is 0 Å². The maximum atomic E-state index is 12.2. The molecule has 2 amide bonds. The van der Waals surface area contributed by atoms with Crippen LogP contribution in [-0.2, 0) is 0 Å². The number of aryl methyl sites for hydroxylation is 2. The molecule has 106 valence electrons. The third kappa shape index (κ3) is 4.56. The Morgan fingerprint density at radius 1 is 1.32 bits per heavy atom. The highest BCUT2D eigenvalue weighted by Gasteiger charge is 2.19. The topological polar surface area (TPSA) is 52.6 Å². The molecule has 1 unspecified atom stereocenters. The number of amides is 2. The second-order valence-corrected chi connectivity index (χ2v) is 5.34. The number of hydrogen-bond acceptors (Lipinski definition) is 2. The molecular formula is C15H24N2O2. The van der Waals surface area contributed by atoms with Gasteiger partial charge in [-0.25, -0.2) is 4.79 Å². The molecule has 0 radical (unpaired) electrons. The summed E-state index contributed by atoms with van der Waals surface area (Å²) in [5.41, 5.74) is 3.01. The van der Waals surface area contributed by atoms with Crippen molar-refractivity contribution in [1.29, 1.82) is 0 Å². The van der Waals surface area contributed by atoms with Gasteiger partial charge in [-0.05, 0) is 46.2 Å². The highest BCUT2D eigenvalue weighted by molar-refractivity contribution is 5.90. The average Bonchev–Trinajstić information content (AvgIpc) is 2.29. The van der Waals surface area contributed by atoms with E-state index < -0.39 is 6.10 Å². The zero-order chi connectivity index (χ0) is 14.6. The number of benzene rings is 1. The largest absolute Gasteiger partial charge is 0.392 e. The maximum absolute atomic E-state index is 12.2. The van der Waals surface area contributed by atoms with E-state index in [9.17, 15) is 9.90 Å². The van der Waals surface area contributed by atoms with Gasteiger partial charge >= 0.3 is 6.03 Å². The molecule has 0 aliphatic rings. The molecular weight excluding hydrogens is 240 g/mol. The number of carbonyl (C=O) groups is 1. The number of urea groups is 1. The molecule has 0 aromatic heterocycles. The fourth-order valence-electron chi connectivity index (χ4n) is 1.95. The second-order valence-electron chi connectivity index (χ2n) is 5.34. The number of hydrogen-bond donors (Lipinski definition) is 2. The fraction of sp³-hybridized carbons (Fsp3) is 0.533. The lowest BCUT2D eigenvalue weighted by Gasteiger charge is -2.28. The second kappa shape index (κ2) is 6.57. The SMILES string of the molecule is Cc1ccc(NC(=O)N(CC(C)O)C(C)C)c(C)c1. The molecule has 0 heterocycles. The van der Waals surface area contributed by atoms with Crippen LogP contribution in [0.15, 0.2) is 18.2 Å². The van der Waals surface area contributed by atoms with Gasteiger partial charge in [0.25, 0.3) is 0 Å². The number of nitrogens with zero attached hydrogens (tertiary/aromatic N) is 1. The highest BCUT2D eigenvalue weighted by atomic mass is 16.3. The molecule has 0 spiro atoms. The van der Waals surface area contributed by atoms with E-state index in [2.05, 4.69) is 5.32 Å². The standard InChI is InChI=1S/C15H24N2O2/c1-10(2)17(9-13(5)18)15(19)16-14-7-6-11(3)8-12(14)4/h6-8,10,13,18H,9H2,1-5H3,(H,16,19). The van der Waals surface area contributed by atoms with E-state index in [1.54, 1.807) is 11.8 Å². The smallest absolute Gasteiger partial charge is 0.322 e. The van der Waals surface area contributed by atoms with Crippen molar-refractivity contribution in [2.75, 3.05) is 11.9 Å². The monoisotopic (exact) mass is 264 g/mol. The van der Waals surface area contributed by atoms with E-state index in [1.165, 1.54) is 5.56 Å². The van der Waals surface area contributed by atoms with Gasteiger partial charge in [0.2, 0.25) is 0 Å². The molecule has 0 saturated carbocycles. The van der Waals surface area contributed by atoms with E-state index in [-0.39, 0.29) is 12.1 Å². The number of anilines is 1. The van der Waals surface area contributed by atoms with Gasteiger partial charge in [0, 0.05) is 18.3 Å². The number of rotatable bonds is 4. The first-order valence-corrected chi connectivity index (χ1v) is 6.64. The molecule has 0 fully saturated rings. The van der Waals surface area contributed by atoms with Gasteiger partial charge < -0.3 is 15.3 Å². The maximum Gasteiger partial charge on any atom is 0.322 e. The van der Waals surface area contributed by atoms with Gasteiger partial charge in [-0.15, -0.1) is 0 Å². The highest BCUT2D eigenvalue weighted by Crippen LogP contribution is 2.17. The molecule has 1 atom stereocenters. The molecule has 0 saturated heterocycles. The lowest BCUT2D eigenvalue weighted by atomic mass is 10.1. The van der Waals surface area contributed by atoms with Crippen LogP contribution >= 0.6 is 0 Å². The number of aliphatic hydroxyl groups excluding tert-OH is 1. The van der Waals surface area contributed by atoms with E-state index in [4.69, 9.17) is 0 Å². The summed E-state index contributed by atoms with van der Waals surface area (Å²) in [4.78, 5) is 13.9. The minimum atomic E-state index is -0.535. The van der Waals surface area contributed by atoms with Crippen molar-refractivity contribution in [3.63, 3.8) is 0 Å². The Labute approximate surface area is 115 Å². The Kier molecular flexibility index (Phi) is 5.36. The number of aliphatic hydroxyl groups is 1. The lowest BCUT2D eigenvalue weighted by Crippen LogP contribution is -2.43. The van der Waals surface area contributed by atoms with Crippen LogP contribution in [0.3, 0.4) is 0 Å². The van der Waals surface area contributed by atoms with Gasteiger partial charge in [0.1, 0.15) is 0 Å². The van der Waals surface area contributed by atoms with E-state index in [1.807, 2.05) is 45.9 Å². The van der Waals surface area contributed by atoms with Crippen LogP contribution in [0.2, 0.25) is 0 Å². The van der Waals surface area contributed by atoms with Crippen molar-refractivity contribution in [2.45, 2.75) is 46.8 Å². The summed E-state index contributed by atoms with van der Waals surface area (Å²) in [5.74, 6) is 0. The van der Waals surface area contributed by atoms with Crippen LogP contribution in [0.25, 0.3) is 0 Å². The lowest BCUT2D eigenvalue weighted by molar-refractivity contribution is 0.125. The van der Waals surface area contributed by atoms with Crippen LogP contribution in [0, 0.1) is 13.8 Å². The zero-order valence-electron chi connectivity index (χ0n) is 12.4. The molecule has 19 heavy (non-hydrogen) atoms. The molecule has 1 aromatic carbocycles. The van der Waals surface area contributed by atoms with Crippen molar-refractivity contribution in [3.05, 3.63) is 29.3 Å². The third-order valence-electron chi connectivity index (χ3n) is 2.97. The van der Waals surface area contributed by atoms with Crippen molar-refractivity contribution in [2.24, 2.45) is 0 Å². The minimum absolute atomic E-state index is 0.0420. The zero-order valence-corrected chi connectivity index (χ0v) is 12.4. The van der Waals surface area contributed by atoms with Crippen molar-refractivity contribution in [1.82, 2.24) is 4.90 Å². The van der Waals surface area contributed by atoms with Crippen molar-refractivity contribution < 1.29 is 9.90 Å². The first kappa shape index (κ1) is 15.5. The number of nitrogens with one attached hydrogen (secondary N) is 1. The number of carbonyl (C=O) groups excluding carboxylic acids is 1. The molecule has 1 rings (SSSR count). The summed E-state index contributed by atoms with van der Waals surface area (Å²) in [5, 5.41) is 12.4. The molecule has 4 heteroatoms. The third-order valence-corrected chi connectivity index (χ3v) is 2.97. The van der Waals surface area contributed by atoms with E-state index in [0.29, 0.717) is 6.54 Å². The van der Waals surface area contributed by atoms with Crippen LogP contribution in [0.4, 0.5) is 10.5 Å². The van der Waals surface area contributed by atoms with Gasteiger partial charge in [-0.2, -0.15) is 0 Å². The summed E-state index contributed by atoms with van der Waals surface area (Å²) in [6.07, 6.45) is -0.535. The average molecular weight is 264 g/mol. The molecule has 4 nitrogen and oxygen atoms in total. The van der Waals surface area contributed by atoms with Gasteiger partial charge in [0.15, 0.2) is 0 Å². The first-order valence-electron chi connectivity index (χ1n) is 6.64. The quantitative estimate of drug-likeness (QED) is 0.878. The van der Waals surface area contributed by atoms with E-state index >= 15 is 0 Å². The van der Waals surface area contributed by atoms with Gasteiger partial charge in [-0.3, -0.25) is 0 Å². The first-order chi connectivity index (χ1) is 8.81. The summed E-state index contributed by atoms with van der Waals surface area (Å²) >= 11 is 0. The normalized spacial score (nSPS) is 12.4. The molecule has 0 aliphatic heterocycles. The van der Waals surface area contributed by atoms with Gasteiger partial charge in [-0.1, -0.05) is 17.7 Å². The van der Waals surface area contributed by atoms with Crippen LogP contribution in [0.5, 0.6) is 0 Å². The summed E-state index contributed by atoms with van der Waals surface area (Å²) < 4.78 is 0. The Balaban J connectivity index is 2.81. The Morgan fingerprint density at radius 2 is 1.95 bits per heavy atom. The van der Waals surface area contributed by atoms with Crippen LogP contribution < -0.4 is 5.32 Å². The minimum Gasteiger partial charge on any atom is -0.392 e. The van der Waals surface area contributed by atoms with E-state index in [0.717, 1.165) is 11.3 Å². The van der Waals surface area contributed by atoms with Crippen LogP contribution in [0.1, 0.15) is 31.9 Å². The Bertz CT molecular complexity index is 442. The predicted molar refractivity (Wildman–Crippen MR) is 78.5 cm³/mol. The Hall–Kier alpha value is -1.55. The molecule has 0 aliphatic carbocycles. The Morgan fingerprint density at radius 3 is 2.42 bits per heavy atom. The van der Waals surface area contributed by atoms with Gasteiger partial charge in [0.05, 0.1) is 6.10 Å². The van der Waals surface area contributed by atoms with Crippen LogP contribution in [-0.4, -0.2) is 34.7 Å². The molecule has 0 bridgehead atoms. The summed E-state index contributed by atoms with van der Waals surface area (Å²) in [7, 11) is 0. The predicted octanol–water partition coefficient (Wildman–Crippen LogP) is 2.93.